The van der Waals surface area contributed by atoms with Gasteiger partial charge in [0.05, 0.1) is 17.7 Å². The van der Waals surface area contributed by atoms with E-state index in [1.54, 1.807) is 6.33 Å². The summed E-state index contributed by atoms with van der Waals surface area (Å²) in [6, 6.07) is 6.21. The number of likely N-dealkylation sites (N-methyl/N-ethyl adjacent to an activating group) is 1. The minimum Gasteiger partial charge on any atom is -0.373 e. The molecule has 2 atom stereocenters. The van der Waals surface area contributed by atoms with Crippen molar-refractivity contribution < 1.29 is 4.74 Å². The van der Waals surface area contributed by atoms with Crippen LogP contribution in [0.2, 0.25) is 0 Å². The van der Waals surface area contributed by atoms with Gasteiger partial charge in [0.1, 0.15) is 12.1 Å². The minimum absolute atomic E-state index is 0.311. The molecule has 1 aromatic carbocycles. The number of rotatable bonds is 4. The molecule has 5 nitrogen and oxygen atoms in total. The van der Waals surface area contributed by atoms with E-state index in [4.69, 9.17) is 4.74 Å². The number of fused-ring (bicyclic) bond motifs is 1. The molecule has 0 bridgehead atoms. The highest BCUT2D eigenvalue weighted by molar-refractivity contribution is 5.92. The third-order valence-corrected chi connectivity index (χ3v) is 4.46. The smallest absolute Gasteiger partial charge is 0.139 e. The van der Waals surface area contributed by atoms with Crippen molar-refractivity contribution in [1.29, 1.82) is 0 Å². The number of benzene rings is 1. The van der Waals surface area contributed by atoms with Gasteiger partial charge in [-0.3, -0.25) is 4.90 Å². The maximum atomic E-state index is 5.81. The number of nitrogens with zero attached hydrogens (tertiary/aromatic N) is 4. The quantitative estimate of drug-likeness (QED) is 0.867. The Morgan fingerprint density at radius 3 is 2.70 bits per heavy atom. The number of ether oxygens (including phenoxy) is 1. The van der Waals surface area contributed by atoms with Crippen LogP contribution in [0.4, 0.5) is 5.82 Å². The van der Waals surface area contributed by atoms with E-state index in [0.717, 1.165) is 42.9 Å². The molecular weight excluding hydrogens is 288 g/mol. The van der Waals surface area contributed by atoms with Gasteiger partial charge >= 0.3 is 0 Å². The Kier molecular flexibility index (Phi) is 4.78. The maximum Gasteiger partial charge on any atom is 0.139 e. The van der Waals surface area contributed by atoms with Crippen molar-refractivity contribution in [3.05, 3.63) is 30.1 Å². The van der Waals surface area contributed by atoms with Gasteiger partial charge in [-0.15, -0.1) is 0 Å². The average Bonchev–Trinajstić information content (AvgIpc) is 2.51. The first-order chi connectivity index (χ1) is 11.0. The zero-order valence-corrected chi connectivity index (χ0v) is 14.5. The molecule has 1 fully saturated rings. The van der Waals surface area contributed by atoms with Crippen LogP contribution in [0.1, 0.15) is 19.4 Å². The summed E-state index contributed by atoms with van der Waals surface area (Å²) in [5, 5.41) is 1.15. The highest BCUT2D eigenvalue weighted by Crippen LogP contribution is 2.25. The molecule has 0 N–H and O–H groups in total. The maximum absolute atomic E-state index is 5.81. The topological polar surface area (TPSA) is 41.5 Å². The van der Waals surface area contributed by atoms with Gasteiger partial charge in [-0.2, -0.15) is 0 Å². The monoisotopic (exact) mass is 314 g/mol. The number of morpholine rings is 1. The van der Waals surface area contributed by atoms with Gasteiger partial charge in [0, 0.05) is 38.6 Å². The molecule has 0 saturated carbocycles. The van der Waals surface area contributed by atoms with E-state index in [9.17, 15) is 0 Å². The Hall–Kier alpha value is -1.72. The average molecular weight is 314 g/mol. The van der Waals surface area contributed by atoms with Crippen LogP contribution in [0, 0.1) is 6.92 Å². The molecule has 3 rings (SSSR count). The lowest BCUT2D eigenvalue weighted by Crippen LogP contribution is -2.47. The van der Waals surface area contributed by atoms with Crippen molar-refractivity contribution in [2.75, 3.05) is 38.1 Å². The fraction of sp³-hybridized carbons (Fsp3) is 0.556. The highest BCUT2D eigenvalue weighted by atomic mass is 16.5. The molecule has 2 aromatic rings. The van der Waals surface area contributed by atoms with Crippen LogP contribution < -0.4 is 4.90 Å². The minimum atomic E-state index is 0.311. The molecule has 5 heteroatoms. The fourth-order valence-electron chi connectivity index (χ4n) is 3.41. The van der Waals surface area contributed by atoms with Crippen LogP contribution in [0.3, 0.4) is 0 Å². The third-order valence-electron chi connectivity index (χ3n) is 4.46. The van der Waals surface area contributed by atoms with Gasteiger partial charge in [0.15, 0.2) is 0 Å². The molecule has 0 radical (unpaired) electrons. The summed E-state index contributed by atoms with van der Waals surface area (Å²) < 4.78 is 5.81. The summed E-state index contributed by atoms with van der Waals surface area (Å²) in [6.07, 6.45) is 2.28. The molecule has 23 heavy (non-hydrogen) atoms. The summed E-state index contributed by atoms with van der Waals surface area (Å²) >= 11 is 0. The van der Waals surface area contributed by atoms with E-state index in [1.807, 2.05) is 12.1 Å². The van der Waals surface area contributed by atoms with E-state index in [2.05, 4.69) is 53.7 Å². The van der Waals surface area contributed by atoms with E-state index < -0.39 is 0 Å². The van der Waals surface area contributed by atoms with Gasteiger partial charge in [-0.1, -0.05) is 12.1 Å². The Labute approximate surface area is 138 Å². The van der Waals surface area contributed by atoms with Gasteiger partial charge in [-0.25, -0.2) is 9.97 Å². The zero-order chi connectivity index (χ0) is 16.4. The van der Waals surface area contributed by atoms with E-state index >= 15 is 0 Å². The fourth-order valence-corrected chi connectivity index (χ4v) is 3.41. The molecular formula is C18H26N4O. The molecule has 0 aliphatic carbocycles. The summed E-state index contributed by atoms with van der Waals surface area (Å²) in [4.78, 5) is 13.6. The number of aryl methyl sites for hydroxylation is 1. The molecule has 124 valence electrons. The SMILES string of the molecule is Cc1cccc2ncnc(N(C)CCN3C[C@@H](C)O[C@@H](C)C3)c12. The number of hydrogen-bond acceptors (Lipinski definition) is 5. The Bertz CT molecular complexity index is 660. The first-order valence-corrected chi connectivity index (χ1v) is 8.34. The molecule has 0 amide bonds. The Morgan fingerprint density at radius 1 is 1.22 bits per heavy atom. The van der Waals surface area contributed by atoms with Crippen molar-refractivity contribution in [1.82, 2.24) is 14.9 Å². The zero-order valence-electron chi connectivity index (χ0n) is 14.5. The Balaban J connectivity index is 1.73. The molecule has 1 aliphatic rings. The number of hydrogen-bond donors (Lipinski definition) is 0. The summed E-state index contributed by atoms with van der Waals surface area (Å²) in [7, 11) is 2.11. The second-order valence-corrected chi connectivity index (χ2v) is 6.60. The van der Waals surface area contributed by atoms with Crippen LogP contribution in [0.15, 0.2) is 24.5 Å². The molecule has 1 saturated heterocycles. The predicted octanol–water partition coefficient (Wildman–Crippen LogP) is 2.48. The lowest BCUT2D eigenvalue weighted by atomic mass is 10.1. The highest BCUT2D eigenvalue weighted by Gasteiger charge is 2.22. The second kappa shape index (κ2) is 6.81. The van der Waals surface area contributed by atoms with Crippen LogP contribution >= 0.6 is 0 Å². The second-order valence-electron chi connectivity index (χ2n) is 6.60. The summed E-state index contributed by atoms with van der Waals surface area (Å²) in [6.45, 7) is 10.4. The molecule has 1 aromatic heterocycles. The number of anilines is 1. The first kappa shape index (κ1) is 16.1. The van der Waals surface area contributed by atoms with Gasteiger partial charge in [0.25, 0.3) is 0 Å². The molecule has 0 unspecified atom stereocenters. The first-order valence-electron chi connectivity index (χ1n) is 8.34. The van der Waals surface area contributed by atoms with E-state index in [0.29, 0.717) is 12.2 Å². The normalized spacial score (nSPS) is 22.4. The standard InChI is InChI=1S/C18H26N4O/c1-13-6-5-7-16-17(13)18(20-12-19-16)21(4)8-9-22-10-14(2)23-15(3)11-22/h5-7,12,14-15H,8-11H2,1-4H3/t14-,15+. The van der Waals surface area contributed by atoms with Crippen LogP contribution in [-0.4, -0.2) is 60.3 Å². The van der Waals surface area contributed by atoms with Crippen molar-refractivity contribution in [3.8, 4) is 0 Å². The van der Waals surface area contributed by atoms with Gasteiger partial charge in [0.2, 0.25) is 0 Å². The number of aromatic nitrogens is 2. The lowest BCUT2D eigenvalue weighted by molar-refractivity contribution is -0.0670. The van der Waals surface area contributed by atoms with Crippen molar-refractivity contribution in [2.45, 2.75) is 33.0 Å². The van der Waals surface area contributed by atoms with Crippen molar-refractivity contribution in [2.24, 2.45) is 0 Å². The molecule has 1 aliphatic heterocycles. The van der Waals surface area contributed by atoms with E-state index in [-0.39, 0.29) is 0 Å². The van der Waals surface area contributed by atoms with Gasteiger partial charge in [-0.05, 0) is 32.4 Å². The van der Waals surface area contributed by atoms with Crippen molar-refractivity contribution >= 4 is 16.7 Å². The molecule has 2 heterocycles. The van der Waals surface area contributed by atoms with Crippen LogP contribution in [0.25, 0.3) is 10.9 Å². The Morgan fingerprint density at radius 2 is 1.96 bits per heavy atom. The van der Waals surface area contributed by atoms with E-state index in [1.165, 1.54) is 5.56 Å². The lowest BCUT2D eigenvalue weighted by Gasteiger charge is -2.36. The summed E-state index contributed by atoms with van der Waals surface area (Å²) in [5.41, 5.74) is 2.23. The van der Waals surface area contributed by atoms with Crippen LogP contribution in [0.5, 0.6) is 0 Å². The molecule has 0 spiro atoms. The van der Waals surface area contributed by atoms with Crippen molar-refractivity contribution in [3.63, 3.8) is 0 Å². The van der Waals surface area contributed by atoms with Crippen LogP contribution in [-0.2, 0) is 4.74 Å². The largest absolute Gasteiger partial charge is 0.373 e. The van der Waals surface area contributed by atoms with Gasteiger partial charge < -0.3 is 9.64 Å². The summed E-state index contributed by atoms with van der Waals surface area (Å²) in [5.74, 6) is 1.02. The predicted molar refractivity (Wildman–Crippen MR) is 94.0 cm³/mol. The third kappa shape index (κ3) is 3.62.